The van der Waals surface area contributed by atoms with Crippen molar-refractivity contribution >= 4 is 5.69 Å². The Morgan fingerprint density at radius 3 is 2.79 bits per heavy atom. The lowest BCUT2D eigenvalue weighted by molar-refractivity contribution is -0.194. The van der Waals surface area contributed by atoms with Gasteiger partial charge in [-0.15, -0.1) is 0 Å². The smallest absolute Gasteiger partial charge is 0.125 e. The fourth-order valence-corrected chi connectivity index (χ4v) is 7.32. The van der Waals surface area contributed by atoms with Crippen LogP contribution in [0.15, 0.2) is 30.4 Å². The number of benzene rings is 1. The van der Waals surface area contributed by atoms with E-state index in [4.69, 9.17) is 10.5 Å². The lowest BCUT2D eigenvalue weighted by Gasteiger charge is -2.64. The van der Waals surface area contributed by atoms with Gasteiger partial charge in [-0.05, 0) is 31.0 Å². The number of likely N-dealkylation sites (N-methyl/N-ethyl adjacent to an activating group) is 1. The number of methoxy groups -OCH3 is 1. The zero-order valence-corrected chi connectivity index (χ0v) is 16.9. The van der Waals surface area contributed by atoms with Gasteiger partial charge in [0.05, 0.1) is 19.3 Å². The molecule has 152 valence electrons. The monoisotopic (exact) mass is 385 g/mol. The first-order valence-electron chi connectivity index (χ1n) is 10.3. The standard InChI is InChI=1S/C22H31N3O3/c1-4-20-8-5-10-25-11-9-21(17(20)25)15-7-6-14(28-3)12-16(15)24(2)18(21)22(27,13-23)19(20)26/h5-8,12,17-19,26-27H,4,9-11,13,23H2,1-3H3/t17-,18+,19+,20+,21+,22?/m0/s1. The maximum atomic E-state index is 11.9. The fraction of sp³-hybridized carbons (Fsp3) is 0.636. The molecule has 1 aliphatic carbocycles. The Morgan fingerprint density at radius 1 is 1.32 bits per heavy atom. The van der Waals surface area contributed by atoms with Crippen LogP contribution in [0.25, 0.3) is 0 Å². The van der Waals surface area contributed by atoms with Gasteiger partial charge in [-0.2, -0.15) is 0 Å². The zero-order valence-electron chi connectivity index (χ0n) is 16.9. The molecular formula is C22H31N3O3. The van der Waals surface area contributed by atoms with E-state index in [1.54, 1.807) is 7.11 Å². The maximum Gasteiger partial charge on any atom is 0.125 e. The number of nitrogens with two attached hydrogens (primary N) is 1. The Kier molecular flexibility index (Phi) is 3.77. The summed E-state index contributed by atoms with van der Waals surface area (Å²) in [5, 5.41) is 23.6. The molecule has 6 nitrogen and oxygen atoms in total. The minimum Gasteiger partial charge on any atom is -0.497 e. The third-order valence-corrected chi connectivity index (χ3v) is 8.30. The van der Waals surface area contributed by atoms with Crippen molar-refractivity contribution in [2.45, 2.75) is 49.0 Å². The van der Waals surface area contributed by atoms with Gasteiger partial charge in [0, 0.05) is 48.8 Å². The van der Waals surface area contributed by atoms with E-state index in [-0.39, 0.29) is 24.0 Å². The summed E-state index contributed by atoms with van der Waals surface area (Å²) < 4.78 is 5.48. The lowest BCUT2D eigenvalue weighted by atomic mass is 9.48. The predicted molar refractivity (Wildman–Crippen MR) is 109 cm³/mol. The van der Waals surface area contributed by atoms with Crippen LogP contribution in [0.2, 0.25) is 0 Å². The second-order valence-electron chi connectivity index (χ2n) is 9.05. The average molecular weight is 386 g/mol. The minimum absolute atomic E-state index is 0.0261. The number of aliphatic hydroxyl groups is 2. The highest BCUT2D eigenvalue weighted by Gasteiger charge is 2.76. The van der Waals surface area contributed by atoms with Crippen LogP contribution in [0.4, 0.5) is 5.69 Å². The number of rotatable bonds is 3. The Balaban J connectivity index is 1.83. The number of hydrogen-bond acceptors (Lipinski definition) is 6. The van der Waals surface area contributed by atoms with E-state index in [2.05, 4.69) is 41.0 Å². The molecule has 3 heterocycles. The molecule has 0 aromatic heterocycles. The Morgan fingerprint density at radius 2 is 2.11 bits per heavy atom. The summed E-state index contributed by atoms with van der Waals surface area (Å²) in [5.74, 6) is 0.803. The Hall–Kier alpha value is -1.60. The van der Waals surface area contributed by atoms with Crippen molar-refractivity contribution in [2.75, 3.05) is 38.7 Å². The van der Waals surface area contributed by atoms with Crippen LogP contribution in [-0.4, -0.2) is 72.7 Å². The van der Waals surface area contributed by atoms with Crippen LogP contribution >= 0.6 is 0 Å². The summed E-state index contributed by atoms with van der Waals surface area (Å²) in [6, 6.07) is 6.11. The van der Waals surface area contributed by atoms with E-state index in [0.717, 1.165) is 37.4 Å². The molecule has 6 atom stereocenters. The van der Waals surface area contributed by atoms with Crippen LogP contribution in [-0.2, 0) is 5.41 Å². The summed E-state index contributed by atoms with van der Waals surface area (Å²) >= 11 is 0. The minimum atomic E-state index is -1.40. The third kappa shape index (κ3) is 1.79. The lowest BCUT2D eigenvalue weighted by Crippen LogP contribution is -2.80. The molecule has 5 rings (SSSR count). The average Bonchev–Trinajstić information content (AvgIpc) is 3.23. The molecule has 1 spiro atoms. The summed E-state index contributed by atoms with van der Waals surface area (Å²) in [5.41, 5.74) is 6.34. The molecule has 1 saturated heterocycles. The molecule has 4 aliphatic rings. The van der Waals surface area contributed by atoms with Crippen molar-refractivity contribution < 1.29 is 14.9 Å². The van der Waals surface area contributed by atoms with Gasteiger partial charge in [-0.3, -0.25) is 4.90 Å². The van der Waals surface area contributed by atoms with Crippen molar-refractivity contribution in [1.82, 2.24) is 4.90 Å². The van der Waals surface area contributed by atoms with Gasteiger partial charge in [0.1, 0.15) is 11.4 Å². The van der Waals surface area contributed by atoms with Gasteiger partial charge in [0.25, 0.3) is 0 Å². The molecular weight excluding hydrogens is 354 g/mol. The second kappa shape index (κ2) is 5.72. The molecule has 0 bridgehead atoms. The van der Waals surface area contributed by atoms with Crippen molar-refractivity contribution in [3.05, 3.63) is 35.9 Å². The first-order chi connectivity index (χ1) is 13.4. The van der Waals surface area contributed by atoms with Crippen LogP contribution < -0.4 is 15.4 Å². The summed E-state index contributed by atoms with van der Waals surface area (Å²) in [6.45, 7) is 4.00. The molecule has 28 heavy (non-hydrogen) atoms. The van der Waals surface area contributed by atoms with Crippen LogP contribution in [0.3, 0.4) is 0 Å². The van der Waals surface area contributed by atoms with Crippen LogP contribution in [0.5, 0.6) is 5.75 Å². The van der Waals surface area contributed by atoms with Crippen LogP contribution in [0.1, 0.15) is 25.3 Å². The number of anilines is 1. The van der Waals surface area contributed by atoms with Crippen molar-refractivity contribution in [3.8, 4) is 5.75 Å². The molecule has 1 unspecified atom stereocenters. The fourth-order valence-electron chi connectivity index (χ4n) is 7.32. The first kappa shape index (κ1) is 18.4. The third-order valence-electron chi connectivity index (χ3n) is 8.30. The maximum absolute atomic E-state index is 11.9. The van der Waals surface area contributed by atoms with Gasteiger partial charge in [-0.25, -0.2) is 0 Å². The highest BCUT2D eigenvalue weighted by Crippen LogP contribution is 2.66. The molecule has 0 amide bonds. The molecule has 4 N–H and O–H groups in total. The quantitative estimate of drug-likeness (QED) is 0.670. The van der Waals surface area contributed by atoms with E-state index in [1.165, 1.54) is 5.56 Å². The van der Waals surface area contributed by atoms with E-state index >= 15 is 0 Å². The number of hydrogen-bond donors (Lipinski definition) is 3. The second-order valence-corrected chi connectivity index (χ2v) is 9.05. The molecule has 6 heteroatoms. The van der Waals surface area contributed by atoms with Gasteiger partial charge < -0.3 is 25.6 Å². The molecule has 1 saturated carbocycles. The molecule has 3 aliphatic heterocycles. The van der Waals surface area contributed by atoms with E-state index in [9.17, 15) is 10.2 Å². The Bertz CT molecular complexity index is 844. The summed E-state index contributed by atoms with van der Waals surface area (Å²) in [7, 11) is 3.69. The van der Waals surface area contributed by atoms with Gasteiger partial charge >= 0.3 is 0 Å². The largest absolute Gasteiger partial charge is 0.497 e. The van der Waals surface area contributed by atoms with Gasteiger partial charge in [0.15, 0.2) is 0 Å². The first-order valence-corrected chi connectivity index (χ1v) is 10.3. The molecule has 2 fully saturated rings. The molecule has 0 radical (unpaired) electrons. The Labute approximate surface area is 166 Å². The zero-order chi connectivity index (χ0) is 19.9. The number of nitrogens with zero attached hydrogens (tertiary/aromatic N) is 2. The van der Waals surface area contributed by atoms with Gasteiger partial charge in [0.2, 0.25) is 0 Å². The number of aliphatic hydroxyl groups excluding tert-OH is 1. The van der Waals surface area contributed by atoms with E-state index in [0.29, 0.717) is 0 Å². The SMILES string of the molecule is CC[C@]12C=CCN3CC[C@@]4(c5ccc(OC)cc5N(C)[C@H]4C(O)(CN)[C@@H]1O)[C@@H]32. The van der Waals surface area contributed by atoms with E-state index < -0.39 is 17.1 Å². The molecule has 1 aromatic carbocycles. The normalized spacial score (nSPS) is 43.6. The van der Waals surface area contributed by atoms with Crippen molar-refractivity contribution in [2.24, 2.45) is 11.1 Å². The number of fused-ring (bicyclic) bond motifs is 1. The number of ether oxygens (including phenoxy) is 1. The van der Waals surface area contributed by atoms with Crippen molar-refractivity contribution in [3.63, 3.8) is 0 Å². The van der Waals surface area contributed by atoms with E-state index in [1.807, 2.05) is 13.1 Å². The molecule has 1 aromatic rings. The highest BCUT2D eigenvalue weighted by atomic mass is 16.5. The summed E-state index contributed by atoms with van der Waals surface area (Å²) in [6.07, 6.45) is 5.12. The van der Waals surface area contributed by atoms with Crippen LogP contribution in [0, 0.1) is 5.41 Å². The van der Waals surface area contributed by atoms with Gasteiger partial charge in [-0.1, -0.05) is 25.1 Å². The van der Waals surface area contributed by atoms with Crippen molar-refractivity contribution in [1.29, 1.82) is 0 Å². The topological polar surface area (TPSA) is 82.2 Å². The highest BCUT2D eigenvalue weighted by molar-refractivity contribution is 5.70. The summed E-state index contributed by atoms with van der Waals surface area (Å²) in [4.78, 5) is 4.65. The predicted octanol–water partition coefficient (Wildman–Crippen LogP) is 0.856.